The minimum atomic E-state index is -2.78. The second-order valence-corrected chi connectivity index (χ2v) is 9.37. The lowest BCUT2D eigenvalue weighted by atomic mass is 9.91. The second-order valence-electron chi connectivity index (χ2n) is 9.37. The first-order valence-corrected chi connectivity index (χ1v) is 11.6. The van der Waals surface area contributed by atoms with Crippen LogP contribution in [-0.2, 0) is 14.3 Å². The van der Waals surface area contributed by atoms with Gasteiger partial charge in [0, 0.05) is 51.3 Å². The average Bonchev–Trinajstić information content (AvgIpc) is 3.27. The van der Waals surface area contributed by atoms with Crippen molar-refractivity contribution in [1.29, 1.82) is 0 Å². The molecule has 1 saturated heterocycles. The van der Waals surface area contributed by atoms with Gasteiger partial charge in [-0.1, -0.05) is 6.07 Å². The summed E-state index contributed by atoms with van der Waals surface area (Å²) < 4.78 is 39.2. The fourth-order valence-corrected chi connectivity index (χ4v) is 4.99. The van der Waals surface area contributed by atoms with E-state index in [9.17, 15) is 18.4 Å². The van der Waals surface area contributed by atoms with Crippen LogP contribution >= 0.6 is 0 Å². The molecule has 0 spiro atoms. The van der Waals surface area contributed by atoms with Gasteiger partial charge in [0.05, 0.1) is 29.7 Å². The van der Waals surface area contributed by atoms with Gasteiger partial charge in [-0.25, -0.2) is 13.6 Å². The van der Waals surface area contributed by atoms with Crippen LogP contribution in [-0.4, -0.2) is 59.6 Å². The molecule has 2 aromatic rings. The van der Waals surface area contributed by atoms with E-state index in [-0.39, 0.29) is 24.5 Å². The standard InChI is InChI=1S/C24H28F2N4O4/c1-15-13-28(23(32)34-20-10-24(25,26)11-20)22-9-17(3-4-21(22)30(15)16(2)31)18-12-27-29(14-18)19-5-7-33-8-6-19/h3-4,9,12,14-15,19-20H,5-8,10-11,13H2,1-2H3/t15-/m0/s1. The molecule has 3 aliphatic rings. The molecule has 34 heavy (non-hydrogen) atoms. The molecular formula is C24H28F2N4O4. The van der Waals surface area contributed by atoms with Crippen LogP contribution in [0, 0.1) is 0 Å². The molecule has 10 heteroatoms. The van der Waals surface area contributed by atoms with Crippen LogP contribution in [0.25, 0.3) is 11.1 Å². The zero-order valence-electron chi connectivity index (χ0n) is 19.2. The molecule has 0 unspecified atom stereocenters. The Hall–Kier alpha value is -3.01. The number of halogens is 2. The Bertz CT molecular complexity index is 1090. The predicted octanol–water partition coefficient (Wildman–Crippen LogP) is 4.40. The number of carbonyl (C=O) groups is 2. The molecule has 2 aliphatic heterocycles. The fraction of sp³-hybridized carbons (Fsp3) is 0.542. The second kappa shape index (κ2) is 8.65. The Balaban J connectivity index is 1.44. The van der Waals surface area contributed by atoms with Crippen molar-refractivity contribution in [3.63, 3.8) is 0 Å². The zero-order valence-corrected chi connectivity index (χ0v) is 19.2. The first-order chi connectivity index (χ1) is 16.2. The molecule has 1 aromatic carbocycles. The fourth-order valence-electron chi connectivity index (χ4n) is 4.99. The number of amides is 2. The highest BCUT2D eigenvalue weighted by molar-refractivity contribution is 6.03. The highest BCUT2D eigenvalue weighted by atomic mass is 19.3. The topological polar surface area (TPSA) is 76.9 Å². The van der Waals surface area contributed by atoms with E-state index in [1.807, 2.05) is 36.0 Å². The Labute approximate surface area is 196 Å². The summed E-state index contributed by atoms with van der Waals surface area (Å²) in [5.41, 5.74) is 2.82. The third-order valence-electron chi connectivity index (χ3n) is 6.79. The number of benzene rings is 1. The summed E-state index contributed by atoms with van der Waals surface area (Å²) in [4.78, 5) is 28.4. The van der Waals surface area contributed by atoms with Crippen molar-refractivity contribution in [3.8, 4) is 11.1 Å². The van der Waals surface area contributed by atoms with Crippen LogP contribution in [0.15, 0.2) is 30.6 Å². The number of anilines is 2. The monoisotopic (exact) mass is 474 g/mol. The van der Waals surface area contributed by atoms with E-state index in [0.717, 1.165) is 24.0 Å². The molecule has 0 radical (unpaired) electrons. The van der Waals surface area contributed by atoms with Gasteiger partial charge >= 0.3 is 6.09 Å². The summed E-state index contributed by atoms with van der Waals surface area (Å²) in [5, 5.41) is 4.53. The van der Waals surface area contributed by atoms with Crippen molar-refractivity contribution in [2.45, 2.75) is 63.6 Å². The average molecular weight is 475 g/mol. The molecule has 0 N–H and O–H groups in total. The number of alkyl halides is 2. The van der Waals surface area contributed by atoms with Crippen molar-refractivity contribution in [2.75, 3.05) is 29.6 Å². The molecule has 2 amide bonds. The van der Waals surface area contributed by atoms with Crippen molar-refractivity contribution >= 4 is 23.4 Å². The zero-order chi connectivity index (χ0) is 24.0. The van der Waals surface area contributed by atoms with Gasteiger partial charge in [0.25, 0.3) is 5.92 Å². The molecule has 1 aliphatic carbocycles. The van der Waals surface area contributed by atoms with Gasteiger partial charge in [-0.05, 0) is 37.5 Å². The molecule has 5 rings (SSSR count). The smallest absolute Gasteiger partial charge is 0.414 e. The van der Waals surface area contributed by atoms with Gasteiger partial charge in [-0.2, -0.15) is 5.10 Å². The van der Waals surface area contributed by atoms with Crippen molar-refractivity contribution < 1.29 is 27.8 Å². The maximum Gasteiger partial charge on any atom is 0.414 e. The quantitative estimate of drug-likeness (QED) is 0.659. The van der Waals surface area contributed by atoms with E-state index < -0.39 is 31.0 Å². The summed E-state index contributed by atoms with van der Waals surface area (Å²) in [6.45, 7) is 4.95. The number of rotatable bonds is 3. The first kappa shape index (κ1) is 22.8. The van der Waals surface area contributed by atoms with E-state index in [1.54, 1.807) is 11.1 Å². The van der Waals surface area contributed by atoms with Crippen LogP contribution in [0.3, 0.4) is 0 Å². The van der Waals surface area contributed by atoms with E-state index in [0.29, 0.717) is 24.6 Å². The van der Waals surface area contributed by atoms with Gasteiger partial charge in [0.15, 0.2) is 0 Å². The highest BCUT2D eigenvalue weighted by Gasteiger charge is 2.48. The lowest BCUT2D eigenvalue weighted by molar-refractivity contribution is -0.143. The van der Waals surface area contributed by atoms with Gasteiger partial charge in [-0.15, -0.1) is 0 Å². The molecule has 0 bridgehead atoms. The maximum absolute atomic E-state index is 13.2. The molecule has 1 atom stereocenters. The van der Waals surface area contributed by atoms with Crippen molar-refractivity contribution in [2.24, 2.45) is 0 Å². The third kappa shape index (κ3) is 4.26. The number of fused-ring (bicyclic) bond motifs is 1. The molecule has 1 aromatic heterocycles. The van der Waals surface area contributed by atoms with Crippen LogP contribution in [0.4, 0.5) is 25.0 Å². The van der Waals surface area contributed by atoms with Crippen LogP contribution in [0.5, 0.6) is 0 Å². The lowest BCUT2D eigenvalue weighted by Gasteiger charge is -2.42. The van der Waals surface area contributed by atoms with E-state index >= 15 is 0 Å². The Morgan fingerprint density at radius 2 is 1.88 bits per heavy atom. The first-order valence-electron chi connectivity index (χ1n) is 11.6. The Morgan fingerprint density at radius 1 is 1.15 bits per heavy atom. The summed E-state index contributed by atoms with van der Waals surface area (Å²) in [5.74, 6) is -2.91. The van der Waals surface area contributed by atoms with Gasteiger partial charge in [-0.3, -0.25) is 14.4 Å². The normalized spacial score (nSPS) is 22.8. The number of ether oxygens (including phenoxy) is 2. The largest absolute Gasteiger partial charge is 0.445 e. The van der Waals surface area contributed by atoms with E-state index in [1.165, 1.54) is 11.8 Å². The van der Waals surface area contributed by atoms with Crippen LogP contribution in [0.1, 0.15) is 45.6 Å². The third-order valence-corrected chi connectivity index (χ3v) is 6.79. The SMILES string of the molecule is CC(=O)N1c2ccc(-c3cnn(C4CCOCC4)c3)cc2N(C(=O)OC2CC(F)(F)C2)C[C@@H]1C. The molecule has 2 fully saturated rings. The van der Waals surface area contributed by atoms with Gasteiger partial charge < -0.3 is 14.4 Å². The molecule has 8 nitrogen and oxygen atoms in total. The molecule has 182 valence electrons. The number of hydrogen-bond donors (Lipinski definition) is 0. The molecule has 3 heterocycles. The lowest BCUT2D eigenvalue weighted by Crippen LogP contribution is -2.53. The summed E-state index contributed by atoms with van der Waals surface area (Å²) in [6.07, 6.45) is 3.17. The number of carbonyl (C=O) groups excluding carboxylic acids is 2. The van der Waals surface area contributed by atoms with Crippen LogP contribution in [0.2, 0.25) is 0 Å². The van der Waals surface area contributed by atoms with Gasteiger partial charge in [0.1, 0.15) is 6.10 Å². The minimum absolute atomic E-state index is 0.138. The highest BCUT2D eigenvalue weighted by Crippen LogP contribution is 2.42. The van der Waals surface area contributed by atoms with Crippen molar-refractivity contribution in [1.82, 2.24) is 9.78 Å². The summed E-state index contributed by atoms with van der Waals surface area (Å²) in [6, 6.07) is 5.53. The van der Waals surface area contributed by atoms with E-state index in [2.05, 4.69) is 5.10 Å². The van der Waals surface area contributed by atoms with E-state index in [4.69, 9.17) is 9.47 Å². The predicted molar refractivity (Wildman–Crippen MR) is 121 cm³/mol. The minimum Gasteiger partial charge on any atom is -0.445 e. The Kier molecular flexibility index (Phi) is 5.79. The van der Waals surface area contributed by atoms with Crippen LogP contribution < -0.4 is 9.80 Å². The Morgan fingerprint density at radius 3 is 2.56 bits per heavy atom. The number of hydrogen-bond acceptors (Lipinski definition) is 5. The van der Waals surface area contributed by atoms with Crippen molar-refractivity contribution in [3.05, 3.63) is 30.6 Å². The maximum atomic E-state index is 13.2. The number of nitrogens with zero attached hydrogens (tertiary/aromatic N) is 4. The summed E-state index contributed by atoms with van der Waals surface area (Å²) >= 11 is 0. The van der Waals surface area contributed by atoms with Gasteiger partial charge in [0.2, 0.25) is 5.91 Å². The molecular weight excluding hydrogens is 446 g/mol. The number of aromatic nitrogens is 2. The molecule has 1 saturated carbocycles. The summed E-state index contributed by atoms with van der Waals surface area (Å²) in [7, 11) is 0.